The fourth-order valence-electron chi connectivity index (χ4n) is 7.05. The normalized spacial score (nSPS) is 43.6. The van der Waals surface area contributed by atoms with Gasteiger partial charge >= 0.3 is 11.9 Å². The standard InChI is InChI=1S/C24H39NO6/c1-14-15(12-20(28)31-11-10-25-4)6-7-16-21(14)17(26)13-18-23(16,2)9-8-19(27)24(18,3)22(29)30-5/h12,14,16-19,21,25-27H,6-11,13H2,1-5H3/b15-12+. The molecule has 7 nitrogen and oxygen atoms in total. The number of hydrogen-bond donors (Lipinski definition) is 3. The number of hydrogen-bond acceptors (Lipinski definition) is 7. The molecule has 0 saturated heterocycles. The van der Waals surface area contributed by atoms with E-state index in [-0.39, 0.29) is 35.1 Å². The molecule has 8 unspecified atom stereocenters. The Balaban J connectivity index is 1.86. The van der Waals surface area contributed by atoms with Crippen molar-refractivity contribution in [2.24, 2.45) is 34.5 Å². The Labute approximate surface area is 185 Å². The van der Waals surface area contributed by atoms with Crippen molar-refractivity contribution in [3.63, 3.8) is 0 Å². The first kappa shape index (κ1) is 24.2. The van der Waals surface area contributed by atoms with Gasteiger partial charge in [0.05, 0.1) is 24.7 Å². The Morgan fingerprint density at radius 1 is 1.26 bits per heavy atom. The van der Waals surface area contributed by atoms with Crippen LogP contribution in [-0.2, 0) is 19.1 Å². The number of aliphatic hydroxyl groups excluding tert-OH is 2. The number of likely N-dealkylation sites (N-methyl/N-ethyl adjacent to an activating group) is 1. The monoisotopic (exact) mass is 437 g/mol. The van der Waals surface area contributed by atoms with Crippen LogP contribution in [0.15, 0.2) is 11.6 Å². The van der Waals surface area contributed by atoms with E-state index in [0.717, 1.165) is 24.8 Å². The van der Waals surface area contributed by atoms with Crippen LogP contribution in [0.25, 0.3) is 0 Å². The molecule has 0 aromatic carbocycles. The largest absolute Gasteiger partial charge is 0.469 e. The third-order valence-electron chi connectivity index (χ3n) is 8.83. The lowest BCUT2D eigenvalue weighted by molar-refractivity contribution is -0.211. The van der Waals surface area contributed by atoms with E-state index in [4.69, 9.17) is 9.47 Å². The van der Waals surface area contributed by atoms with Crippen LogP contribution < -0.4 is 5.32 Å². The Morgan fingerprint density at radius 3 is 2.61 bits per heavy atom. The molecule has 0 bridgehead atoms. The summed E-state index contributed by atoms with van der Waals surface area (Å²) >= 11 is 0. The molecule has 0 spiro atoms. The SMILES string of the molecule is CNCCOC(=O)/C=C1\CCC2C(C(O)CC3C2(C)CCC(O)C3(C)C(=O)OC)C1C. The Morgan fingerprint density at radius 2 is 1.97 bits per heavy atom. The molecule has 3 fully saturated rings. The molecule has 31 heavy (non-hydrogen) atoms. The maximum absolute atomic E-state index is 12.8. The van der Waals surface area contributed by atoms with Crippen LogP contribution in [0.2, 0.25) is 0 Å². The fourth-order valence-corrected chi connectivity index (χ4v) is 7.05. The maximum atomic E-state index is 12.8. The molecule has 8 atom stereocenters. The number of esters is 2. The summed E-state index contributed by atoms with van der Waals surface area (Å²) in [5.74, 6) is -0.593. The highest BCUT2D eigenvalue weighted by molar-refractivity contribution is 5.83. The van der Waals surface area contributed by atoms with Crippen LogP contribution in [-0.4, -0.2) is 61.7 Å². The van der Waals surface area contributed by atoms with E-state index in [1.165, 1.54) is 7.11 Å². The molecule has 0 aliphatic heterocycles. The predicted octanol–water partition coefficient (Wildman–Crippen LogP) is 2.06. The first-order chi connectivity index (χ1) is 14.6. The lowest BCUT2D eigenvalue weighted by Crippen LogP contribution is -2.64. The van der Waals surface area contributed by atoms with Crippen molar-refractivity contribution in [1.29, 1.82) is 0 Å². The summed E-state index contributed by atoms with van der Waals surface area (Å²) < 4.78 is 10.4. The zero-order valence-corrected chi connectivity index (χ0v) is 19.5. The number of rotatable bonds is 5. The van der Waals surface area contributed by atoms with E-state index in [0.29, 0.717) is 26.0 Å². The predicted molar refractivity (Wildman–Crippen MR) is 116 cm³/mol. The highest BCUT2D eigenvalue weighted by Crippen LogP contribution is 2.65. The number of carbonyl (C=O) groups is 2. The molecule has 3 rings (SSSR count). The molecule has 0 aromatic rings. The topological polar surface area (TPSA) is 105 Å². The minimum Gasteiger partial charge on any atom is -0.469 e. The van der Waals surface area contributed by atoms with Gasteiger partial charge in [0.15, 0.2) is 0 Å². The number of fused-ring (bicyclic) bond motifs is 3. The molecule has 3 N–H and O–H groups in total. The average molecular weight is 438 g/mol. The van der Waals surface area contributed by atoms with Gasteiger partial charge in [0.1, 0.15) is 6.61 Å². The molecule has 0 radical (unpaired) electrons. The van der Waals surface area contributed by atoms with E-state index in [1.54, 1.807) is 13.0 Å². The van der Waals surface area contributed by atoms with Crippen molar-refractivity contribution in [3.05, 3.63) is 11.6 Å². The van der Waals surface area contributed by atoms with E-state index in [1.807, 2.05) is 7.05 Å². The second-order valence-electron chi connectivity index (χ2n) is 10.2. The van der Waals surface area contributed by atoms with Gasteiger partial charge in [-0.15, -0.1) is 0 Å². The summed E-state index contributed by atoms with van der Waals surface area (Å²) in [6.07, 6.45) is 3.68. The highest BCUT2D eigenvalue weighted by Gasteiger charge is 2.65. The van der Waals surface area contributed by atoms with Crippen LogP contribution in [0.1, 0.15) is 52.9 Å². The average Bonchev–Trinajstić information content (AvgIpc) is 2.74. The molecule has 0 amide bonds. The summed E-state index contributed by atoms with van der Waals surface area (Å²) in [6, 6.07) is 0. The summed E-state index contributed by atoms with van der Waals surface area (Å²) in [5, 5.41) is 25.0. The van der Waals surface area contributed by atoms with Crippen LogP contribution in [0.4, 0.5) is 0 Å². The van der Waals surface area contributed by atoms with E-state index in [2.05, 4.69) is 19.2 Å². The zero-order valence-electron chi connectivity index (χ0n) is 19.5. The van der Waals surface area contributed by atoms with Gasteiger partial charge in [-0.1, -0.05) is 19.4 Å². The summed E-state index contributed by atoms with van der Waals surface area (Å²) in [5.41, 5.74) is -0.174. The quantitative estimate of drug-likeness (QED) is 0.343. The molecule has 3 aliphatic carbocycles. The van der Waals surface area contributed by atoms with Gasteiger partial charge in [-0.25, -0.2) is 4.79 Å². The lowest BCUT2D eigenvalue weighted by atomic mass is 9.42. The second kappa shape index (κ2) is 9.20. The smallest absolute Gasteiger partial charge is 0.330 e. The van der Waals surface area contributed by atoms with E-state index >= 15 is 0 Å². The highest BCUT2D eigenvalue weighted by atomic mass is 16.5. The molecule has 0 aromatic heterocycles. The zero-order chi connectivity index (χ0) is 23.0. The van der Waals surface area contributed by atoms with Gasteiger partial charge in [-0.3, -0.25) is 4.79 Å². The summed E-state index contributed by atoms with van der Waals surface area (Å²) in [7, 11) is 3.17. The number of allylic oxidation sites excluding steroid dienone is 1. The van der Waals surface area contributed by atoms with Crippen molar-refractivity contribution < 1.29 is 29.3 Å². The minimum atomic E-state index is -1.02. The van der Waals surface area contributed by atoms with Crippen molar-refractivity contribution in [2.75, 3.05) is 27.3 Å². The van der Waals surface area contributed by atoms with Crippen LogP contribution in [0, 0.1) is 34.5 Å². The van der Waals surface area contributed by atoms with Crippen molar-refractivity contribution in [3.8, 4) is 0 Å². The van der Waals surface area contributed by atoms with Gasteiger partial charge in [-0.05, 0) is 75.2 Å². The molecule has 0 heterocycles. The second-order valence-corrected chi connectivity index (χ2v) is 10.2. The third-order valence-corrected chi connectivity index (χ3v) is 8.83. The van der Waals surface area contributed by atoms with Crippen molar-refractivity contribution in [2.45, 2.75) is 65.1 Å². The van der Waals surface area contributed by atoms with Crippen molar-refractivity contribution >= 4 is 11.9 Å². The lowest BCUT2D eigenvalue weighted by Gasteiger charge is -2.63. The minimum absolute atomic E-state index is 0.0171. The molecule has 3 aliphatic rings. The Kier molecular flexibility index (Phi) is 7.18. The van der Waals surface area contributed by atoms with Gasteiger partial charge in [0.25, 0.3) is 0 Å². The summed E-state index contributed by atoms with van der Waals surface area (Å²) in [4.78, 5) is 25.0. The third kappa shape index (κ3) is 4.05. The number of nitrogens with one attached hydrogen (secondary N) is 1. The van der Waals surface area contributed by atoms with E-state index < -0.39 is 23.6 Å². The molecule has 176 valence electrons. The Hall–Kier alpha value is -1.44. The van der Waals surface area contributed by atoms with Gasteiger partial charge in [-0.2, -0.15) is 0 Å². The van der Waals surface area contributed by atoms with Crippen LogP contribution >= 0.6 is 0 Å². The Bertz CT molecular complexity index is 723. The molecular weight excluding hydrogens is 398 g/mol. The van der Waals surface area contributed by atoms with Gasteiger partial charge in [0, 0.05) is 12.6 Å². The molecular formula is C24H39NO6. The molecule has 3 saturated carbocycles. The van der Waals surface area contributed by atoms with Gasteiger partial charge < -0.3 is 25.0 Å². The fraction of sp³-hybridized carbons (Fsp3) is 0.833. The molecule has 7 heteroatoms. The first-order valence-corrected chi connectivity index (χ1v) is 11.6. The number of methoxy groups -OCH3 is 1. The van der Waals surface area contributed by atoms with Crippen LogP contribution in [0.5, 0.6) is 0 Å². The maximum Gasteiger partial charge on any atom is 0.330 e. The summed E-state index contributed by atoms with van der Waals surface area (Å²) in [6.45, 7) is 7.06. The van der Waals surface area contributed by atoms with Crippen molar-refractivity contribution in [1.82, 2.24) is 5.32 Å². The van der Waals surface area contributed by atoms with Crippen LogP contribution in [0.3, 0.4) is 0 Å². The number of aliphatic hydroxyl groups is 2. The van der Waals surface area contributed by atoms with Gasteiger partial charge in [0.2, 0.25) is 0 Å². The number of ether oxygens (including phenoxy) is 2. The van der Waals surface area contributed by atoms with E-state index in [9.17, 15) is 19.8 Å². The number of carbonyl (C=O) groups excluding carboxylic acids is 2. The first-order valence-electron chi connectivity index (χ1n) is 11.6.